The van der Waals surface area contributed by atoms with Gasteiger partial charge in [-0.15, -0.1) is 0 Å². The fraction of sp³-hybridized carbons (Fsp3) is 0.526. The van der Waals surface area contributed by atoms with Crippen molar-refractivity contribution in [1.82, 2.24) is 0 Å². The highest BCUT2D eigenvalue weighted by Crippen LogP contribution is 2.46. The third-order valence-electron chi connectivity index (χ3n) is 9.03. The Balaban J connectivity index is 1.53. The van der Waals surface area contributed by atoms with Crippen LogP contribution in [0.4, 0.5) is 0 Å². The van der Waals surface area contributed by atoms with E-state index in [2.05, 4.69) is 58.9 Å². The molecule has 260 valence electrons. The maximum absolute atomic E-state index is 12.1. The van der Waals surface area contributed by atoms with Crippen molar-refractivity contribution in [3.05, 3.63) is 70.3 Å². The molecule has 1 aliphatic carbocycles. The van der Waals surface area contributed by atoms with Gasteiger partial charge in [0.2, 0.25) is 0 Å². The molecule has 48 heavy (non-hydrogen) atoms. The summed E-state index contributed by atoms with van der Waals surface area (Å²) in [5, 5.41) is 0. The van der Waals surface area contributed by atoms with Crippen LogP contribution in [-0.4, -0.2) is 61.2 Å². The molecule has 0 aromatic heterocycles. The Morgan fingerprint density at radius 3 is 1.88 bits per heavy atom. The third kappa shape index (κ3) is 9.11. The lowest BCUT2D eigenvalue weighted by molar-refractivity contribution is -0.310. The van der Waals surface area contributed by atoms with Gasteiger partial charge in [-0.25, -0.2) is 0 Å². The molecule has 0 saturated carbocycles. The normalized spacial score (nSPS) is 24.5. The Morgan fingerprint density at radius 1 is 0.729 bits per heavy atom. The quantitative estimate of drug-likeness (QED) is 0.165. The van der Waals surface area contributed by atoms with Gasteiger partial charge < -0.3 is 28.4 Å². The van der Waals surface area contributed by atoms with Crippen molar-refractivity contribution in [3.63, 3.8) is 0 Å². The van der Waals surface area contributed by atoms with E-state index in [1.807, 2.05) is 24.3 Å². The average molecular weight is 665 g/mol. The number of hydrogen-bond acceptors (Lipinski definition) is 10. The van der Waals surface area contributed by atoms with Crippen LogP contribution >= 0.6 is 0 Å². The average Bonchev–Trinajstić information content (AvgIpc) is 3.00. The fourth-order valence-electron chi connectivity index (χ4n) is 6.38. The first-order chi connectivity index (χ1) is 22.5. The summed E-state index contributed by atoms with van der Waals surface area (Å²) in [4.78, 5) is 47.7. The largest absolute Gasteiger partial charge is 0.463 e. The predicted octanol–water partition coefficient (Wildman–Crippen LogP) is 6.20. The third-order valence-corrected chi connectivity index (χ3v) is 9.03. The number of fused-ring (bicyclic) bond motifs is 1. The van der Waals surface area contributed by atoms with Crippen LogP contribution in [0.1, 0.15) is 103 Å². The van der Waals surface area contributed by atoms with E-state index < -0.39 is 54.6 Å². The summed E-state index contributed by atoms with van der Waals surface area (Å²) >= 11 is 0. The van der Waals surface area contributed by atoms with Crippen molar-refractivity contribution in [3.8, 4) is 0 Å². The summed E-state index contributed by atoms with van der Waals surface area (Å²) in [5.41, 5.74) is 7.29. The molecule has 0 N–H and O–H groups in total. The molecule has 2 aliphatic rings. The van der Waals surface area contributed by atoms with Crippen LogP contribution in [0.5, 0.6) is 0 Å². The van der Waals surface area contributed by atoms with Gasteiger partial charge in [-0.3, -0.25) is 19.2 Å². The standard InChI is InChI=1S/C38H48O10/c1-22(29-14-15-30-31(19-29)38(8,9)17-16-37(30,6)7)18-27-10-12-28(13-11-27)20-44-36-35(47-26(5)42)34(46-25(4)41)33(45-24(3)40)32(48-36)21-43-23(2)39/h10-15,18-19,32-36H,16-17,20-21H2,1-9H3/t32-,33-,34+,35-,36-/m1/s1. The topological polar surface area (TPSA) is 124 Å². The first-order valence-electron chi connectivity index (χ1n) is 16.3. The van der Waals surface area contributed by atoms with E-state index in [1.54, 1.807) is 0 Å². The summed E-state index contributed by atoms with van der Waals surface area (Å²) in [6.45, 7) is 15.9. The van der Waals surface area contributed by atoms with Gasteiger partial charge in [0.15, 0.2) is 24.6 Å². The second kappa shape index (κ2) is 15.0. The molecule has 2 aromatic carbocycles. The SMILES string of the molecule is CC(=O)OC[C@H]1O[C@@H](OCc2ccc(C=C(C)c3ccc4c(c3)C(C)(C)CCC4(C)C)cc2)[C@H](OC(C)=O)[C@@H](OC(C)=O)[C@@H]1OC(C)=O. The smallest absolute Gasteiger partial charge is 0.303 e. The number of hydrogen-bond donors (Lipinski definition) is 0. The summed E-state index contributed by atoms with van der Waals surface area (Å²) < 4.78 is 33.6. The molecule has 4 rings (SSSR count). The molecule has 1 saturated heterocycles. The zero-order valence-corrected chi connectivity index (χ0v) is 29.4. The second-order valence-electron chi connectivity index (χ2n) is 14.0. The van der Waals surface area contributed by atoms with Gasteiger partial charge in [-0.05, 0) is 64.0 Å². The highest BCUT2D eigenvalue weighted by Gasteiger charge is 2.52. The molecule has 1 fully saturated rings. The van der Waals surface area contributed by atoms with Crippen molar-refractivity contribution in [2.45, 2.75) is 123 Å². The number of carbonyl (C=O) groups excluding carboxylic acids is 4. The maximum atomic E-state index is 12.1. The summed E-state index contributed by atoms with van der Waals surface area (Å²) in [5.74, 6) is -2.68. The summed E-state index contributed by atoms with van der Waals surface area (Å²) in [7, 11) is 0. The lowest BCUT2D eigenvalue weighted by Crippen LogP contribution is -2.62. The Hall–Kier alpha value is -4.02. The zero-order valence-electron chi connectivity index (χ0n) is 29.4. The number of rotatable bonds is 10. The van der Waals surface area contributed by atoms with E-state index in [0.717, 1.165) is 23.1 Å². The number of allylic oxidation sites excluding steroid dienone is 1. The van der Waals surface area contributed by atoms with E-state index in [1.165, 1.54) is 50.8 Å². The molecule has 10 nitrogen and oxygen atoms in total. The minimum absolute atomic E-state index is 0.0480. The molecule has 5 atom stereocenters. The minimum atomic E-state index is -1.29. The van der Waals surface area contributed by atoms with Crippen LogP contribution < -0.4 is 0 Å². The molecule has 0 spiro atoms. The Labute approximate surface area is 283 Å². The van der Waals surface area contributed by atoms with Crippen molar-refractivity contribution in [2.75, 3.05) is 6.61 Å². The van der Waals surface area contributed by atoms with E-state index >= 15 is 0 Å². The van der Waals surface area contributed by atoms with Gasteiger partial charge in [0.1, 0.15) is 12.7 Å². The van der Waals surface area contributed by atoms with Gasteiger partial charge in [-0.2, -0.15) is 0 Å². The van der Waals surface area contributed by atoms with Crippen molar-refractivity contribution in [1.29, 1.82) is 0 Å². The van der Waals surface area contributed by atoms with Gasteiger partial charge in [-0.1, -0.05) is 76.2 Å². The molecular formula is C38H48O10. The Bertz CT molecular complexity index is 1540. The Kier molecular flexibility index (Phi) is 11.5. The van der Waals surface area contributed by atoms with Crippen molar-refractivity contribution < 1.29 is 47.6 Å². The summed E-state index contributed by atoms with van der Waals surface area (Å²) in [6.07, 6.45) is -1.65. The first-order valence-corrected chi connectivity index (χ1v) is 16.3. The van der Waals surface area contributed by atoms with Crippen LogP contribution in [0, 0.1) is 0 Å². The summed E-state index contributed by atoms with van der Waals surface area (Å²) in [6, 6.07) is 14.7. The Morgan fingerprint density at radius 2 is 1.29 bits per heavy atom. The van der Waals surface area contributed by atoms with Gasteiger partial charge in [0, 0.05) is 27.7 Å². The molecule has 0 bridgehead atoms. The molecule has 0 radical (unpaired) electrons. The predicted molar refractivity (Wildman–Crippen MR) is 178 cm³/mol. The molecule has 0 unspecified atom stereocenters. The van der Waals surface area contributed by atoms with Gasteiger partial charge in [0.25, 0.3) is 0 Å². The molecule has 0 amide bonds. The highest BCUT2D eigenvalue weighted by molar-refractivity contribution is 5.81. The molecule has 10 heteroatoms. The van der Waals surface area contributed by atoms with E-state index in [-0.39, 0.29) is 24.0 Å². The van der Waals surface area contributed by atoms with Gasteiger partial charge in [0.05, 0.1) is 6.61 Å². The van der Waals surface area contributed by atoms with Crippen LogP contribution in [0.15, 0.2) is 42.5 Å². The second-order valence-corrected chi connectivity index (χ2v) is 14.0. The number of benzene rings is 2. The van der Waals surface area contributed by atoms with Gasteiger partial charge >= 0.3 is 23.9 Å². The van der Waals surface area contributed by atoms with Crippen LogP contribution in [0.2, 0.25) is 0 Å². The lowest BCUT2D eigenvalue weighted by Gasteiger charge is -2.44. The van der Waals surface area contributed by atoms with Crippen LogP contribution in [0.25, 0.3) is 11.6 Å². The van der Waals surface area contributed by atoms with Crippen LogP contribution in [0.3, 0.4) is 0 Å². The molecule has 1 heterocycles. The zero-order chi connectivity index (χ0) is 35.4. The maximum Gasteiger partial charge on any atom is 0.303 e. The number of carbonyl (C=O) groups is 4. The molecular weight excluding hydrogens is 616 g/mol. The molecule has 2 aromatic rings. The minimum Gasteiger partial charge on any atom is -0.463 e. The first kappa shape index (κ1) is 36.8. The fourth-order valence-corrected chi connectivity index (χ4v) is 6.38. The lowest BCUT2D eigenvalue weighted by atomic mass is 9.63. The highest BCUT2D eigenvalue weighted by atomic mass is 16.7. The van der Waals surface area contributed by atoms with Crippen molar-refractivity contribution in [2.24, 2.45) is 0 Å². The van der Waals surface area contributed by atoms with Crippen molar-refractivity contribution >= 4 is 35.5 Å². The molecule has 1 aliphatic heterocycles. The number of esters is 4. The van der Waals surface area contributed by atoms with E-state index in [9.17, 15) is 19.2 Å². The number of ether oxygens (including phenoxy) is 6. The van der Waals surface area contributed by atoms with E-state index in [4.69, 9.17) is 28.4 Å². The van der Waals surface area contributed by atoms with E-state index in [0.29, 0.717) is 0 Å². The monoisotopic (exact) mass is 664 g/mol. The van der Waals surface area contributed by atoms with Crippen LogP contribution in [-0.2, 0) is 65.0 Å².